The zero-order chi connectivity index (χ0) is 16.0. The van der Waals surface area contributed by atoms with Gasteiger partial charge in [0, 0.05) is 18.4 Å². The van der Waals surface area contributed by atoms with Gasteiger partial charge in [-0.25, -0.2) is 4.39 Å². The number of rotatable bonds is 5. The first-order chi connectivity index (χ1) is 10.3. The van der Waals surface area contributed by atoms with E-state index in [1.165, 1.54) is 6.07 Å². The van der Waals surface area contributed by atoms with Crippen molar-refractivity contribution in [2.45, 2.75) is 50.3 Å². The second kappa shape index (κ2) is 5.56. The molecule has 1 saturated heterocycles. The number of epoxide rings is 1. The summed E-state index contributed by atoms with van der Waals surface area (Å²) in [5, 5.41) is 0. The van der Waals surface area contributed by atoms with Crippen LogP contribution in [0.2, 0.25) is 0 Å². The molecule has 0 radical (unpaired) electrons. The summed E-state index contributed by atoms with van der Waals surface area (Å²) in [7, 11) is -3.52. The van der Waals surface area contributed by atoms with E-state index in [1.54, 1.807) is 18.2 Å². The van der Waals surface area contributed by atoms with Gasteiger partial charge in [0.1, 0.15) is 11.4 Å². The number of ether oxygens (including phenoxy) is 2. The third kappa shape index (κ3) is 3.32. The standard InChI is InChI=1S/C15H19FO5S/c1-15-13(19-9-10-5-3-4-6-12(10)16)7-11(8-14(15)20-15)21-22(2,17)18/h3-6,11,13-14H,7-9H2,1-2H3. The lowest BCUT2D eigenvalue weighted by Crippen LogP contribution is -2.41. The average molecular weight is 330 g/mol. The van der Waals surface area contributed by atoms with Crippen molar-refractivity contribution in [1.29, 1.82) is 0 Å². The Hall–Kier alpha value is -1.02. The second-order valence-corrected chi connectivity index (χ2v) is 7.68. The van der Waals surface area contributed by atoms with Gasteiger partial charge >= 0.3 is 0 Å². The average Bonchev–Trinajstić information content (AvgIpc) is 3.07. The van der Waals surface area contributed by atoms with Gasteiger partial charge in [0.2, 0.25) is 0 Å². The molecule has 0 bridgehead atoms. The van der Waals surface area contributed by atoms with E-state index in [-0.39, 0.29) is 24.6 Å². The maximum Gasteiger partial charge on any atom is 0.264 e. The first kappa shape index (κ1) is 15.9. The summed E-state index contributed by atoms with van der Waals surface area (Å²) < 4.78 is 52.7. The van der Waals surface area contributed by atoms with E-state index in [1.807, 2.05) is 6.92 Å². The van der Waals surface area contributed by atoms with E-state index in [0.29, 0.717) is 18.4 Å². The maximum atomic E-state index is 13.6. The molecule has 1 saturated carbocycles. The van der Waals surface area contributed by atoms with E-state index in [4.69, 9.17) is 13.7 Å². The van der Waals surface area contributed by atoms with Crippen molar-refractivity contribution in [2.24, 2.45) is 0 Å². The van der Waals surface area contributed by atoms with Gasteiger partial charge in [-0.05, 0) is 13.0 Å². The highest BCUT2D eigenvalue weighted by Crippen LogP contribution is 2.49. The van der Waals surface area contributed by atoms with Gasteiger partial charge in [-0.15, -0.1) is 0 Å². The molecule has 1 heterocycles. The largest absolute Gasteiger partial charge is 0.370 e. The summed E-state index contributed by atoms with van der Waals surface area (Å²) in [6.45, 7) is 2.05. The third-order valence-corrected chi connectivity index (χ3v) is 4.90. The lowest BCUT2D eigenvalue weighted by Gasteiger charge is -2.30. The van der Waals surface area contributed by atoms with Crippen molar-refractivity contribution in [3.05, 3.63) is 35.6 Å². The molecule has 0 aromatic heterocycles. The van der Waals surface area contributed by atoms with Crippen LogP contribution >= 0.6 is 0 Å². The van der Waals surface area contributed by atoms with Crippen LogP contribution in [0.1, 0.15) is 25.3 Å². The van der Waals surface area contributed by atoms with Gasteiger partial charge in [-0.2, -0.15) is 8.42 Å². The van der Waals surface area contributed by atoms with Crippen molar-refractivity contribution in [2.75, 3.05) is 6.26 Å². The molecule has 1 aliphatic heterocycles. The molecule has 1 aromatic carbocycles. The first-order valence-electron chi connectivity index (χ1n) is 7.19. The fourth-order valence-electron chi connectivity index (χ4n) is 3.01. The number of hydrogen-bond acceptors (Lipinski definition) is 5. The zero-order valence-electron chi connectivity index (χ0n) is 12.5. The summed E-state index contributed by atoms with van der Waals surface area (Å²) in [6.07, 6.45) is 1.12. The predicted molar refractivity (Wildman–Crippen MR) is 77.2 cm³/mol. The van der Waals surface area contributed by atoms with Gasteiger partial charge in [0.05, 0.1) is 31.2 Å². The van der Waals surface area contributed by atoms with Crippen molar-refractivity contribution in [1.82, 2.24) is 0 Å². The molecule has 22 heavy (non-hydrogen) atoms. The summed E-state index contributed by atoms with van der Waals surface area (Å²) in [5.74, 6) is -0.319. The fraction of sp³-hybridized carbons (Fsp3) is 0.600. The molecule has 1 aliphatic carbocycles. The molecule has 0 amide bonds. The van der Waals surface area contributed by atoms with E-state index in [0.717, 1.165) is 6.26 Å². The molecule has 2 fully saturated rings. The summed E-state index contributed by atoms with van der Waals surface area (Å²) in [5.41, 5.74) is 0.0391. The Kier molecular flexibility index (Phi) is 4.01. The highest BCUT2D eigenvalue weighted by Gasteiger charge is 2.62. The van der Waals surface area contributed by atoms with Crippen LogP contribution in [0, 0.1) is 5.82 Å². The van der Waals surface area contributed by atoms with Crippen molar-refractivity contribution >= 4 is 10.1 Å². The third-order valence-electron chi connectivity index (χ3n) is 4.28. The lowest BCUT2D eigenvalue weighted by molar-refractivity contribution is -0.0381. The van der Waals surface area contributed by atoms with Crippen molar-refractivity contribution in [3.8, 4) is 0 Å². The van der Waals surface area contributed by atoms with Crippen molar-refractivity contribution in [3.63, 3.8) is 0 Å². The Morgan fingerprint density at radius 1 is 1.36 bits per heavy atom. The molecular weight excluding hydrogens is 311 g/mol. The molecule has 5 nitrogen and oxygen atoms in total. The fourth-order valence-corrected chi connectivity index (χ4v) is 3.66. The summed E-state index contributed by atoms with van der Waals surface area (Å²) >= 11 is 0. The SMILES string of the molecule is CC12OC1CC(OS(C)(=O)=O)CC2OCc1ccccc1F. The minimum absolute atomic E-state index is 0.0707. The molecule has 4 unspecified atom stereocenters. The molecule has 0 spiro atoms. The Morgan fingerprint density at radius 3 is 2.77 bits per heavy atom. The number of benzene rings is 1. The number of fused-ring (bicyclic) bond motifs is 1. The smallest absolute Gasteiger partial charge is 0.264 e. The summed E-state index contributed by atoms with van der Waals surface area (Å²) in [4.78, 5) is 0. The minimum Gasteiger partial charge on any atom is -0.370 e. The van der Waals surface area contributed by atoms with Crippen LogP contribution in [0.25, 0.3) is 0 Å². The van der Waals surface area contributed by atoms with Crippen LogP contribution in [0.5, 0.6) is 0 Å². The number of halogens is 1. The van der Waals surface area contributed by atoms with Gasteiger partial charge in [0.15, 0.2) is 0 Å². The quantitative estimate of drug-likeness (QED) is 0.610. The zero-order valence-corrected chi connectivity index (χ0v) is 13.3. The second-order valence-electron chi connectivity index (χ2n) is 6.08. The summed E-state index contributed by atoms with van der Waals surface area (Å²) in [6, 6.07) is 6.41. The highest BCUT2D eigenvalue weighted by molar-refractivity contribution is 7.86. The van der Waals surface area contributed by atoms with Crippen LogP contribution in [0.15, 0.2) is 24.3 Å². The monoisotopic (exact) mass is 330 g/mol. The van der Waals surface area contributed by atoms with Gasteiger partial charge < -0.3 is 9.47 Å². The van der Waals surface area contributed by atoms with E-state index in [2.05, 4.69) is 0 Å². The van der Waals surface area contributed by atoms with Gasteiger partial charge in [0.25, 0.3) is 10.1 Å². The minimum atomic E-state index is -3.52. The lowest BCUT2D eigenvalue weighted by atomic mass is 9.86. The molecular formula is C15H19FO5S. The Balaban J connectivity index is 1.65. The first-order valence-corrected chi connectivity index (χ1v) is 9.00. The molecule has 122 valence electrons. The van der Waals surface area contributed by atoms with E-state index >= 15 is 0 Å². The molecule has 7 heteroatoms. The van der Waals surface area contributed by atoms with Gasteiger partial charge in [-0.3, -0.25) is 4.18 Å². The predicted octanol–water partition coefficient (Wildman–Crippen LogP) is 2.01. The van der Waals surface area contributed by atoms with Crippen LogP contribution in [-0.4, -0.2) is 38.6 Å². The molecule has 0 N–H and O–H groups in total. The molecule has 1 aromatic rings. The maximum absolute atomic E-state index is 13.6. The topological polar surface area (TPSA) is 65.1 Å². The van der Waals surface area contributed by atoms with Crippen molar-refractivity contribution < 1.29 is 26.5 Å². The van der Waals surface area contributed by atoms with Crippen LogP contribution in [-0.2, 0) is 30.4 Å². The van der Waals surface area contributed by atoms with Crippen LogP contribution < -0.4 is 0 Å². The van der Waals surface area contributed by atoms with Gasteiger partial charge in [-0.1, -0.05) is 18.2 Å². The van der Waals surface area contributed by atoms with Crippen LogP contribution in [0.3, 0.4) is 0 Å². The number of hydrogen-bond donors (Lipinski definition) is 0. The molecule has 4 atom stereocenters. The van der Waals surface area contributed by atoms with E-state index in [9.17, 15) is 12.8 Å². The highest BCUT2D eigenvalue weighted by atomic mass is 32.2. The molecule has 3 rings (SSSR count). The van der Waals surface area contributed by atoms with E-state index < -0.39 is 21.8 Å². The Labute approximate surface area is 129 Å². The Bertz CT molecular complexity index is 662. The Morgan fingerprint density at radius 2 is 2.09 bits per heavy atom. The normalized spacial score (nSPS) is 34.2. The van der Waals surface area contributed by atoms with Crippen LogP contribution in [0.4, 0.5) is 4.39 Å². The molecule has 2 aliphatic rings.